The fraction of sp³-hybridized carbons (Fsp3) is 0.357. The van der Waals surface area contributed by atoms with E-state index in [1.165, 1.54) is 16.9 Å². The van der Waals surface area contributed by atoms with Crippen molar-refractivity contribution in [1.82, 2.24) is 4.98 Å². The van der Waals surface area contributed by atoms with Crippen LogP contribution in [0.15, 0.2) is 17.5 Å². The number of benzene rings is 1. The maximum atomic E-state index is 9.54. The minimum atomic E-state index is -0.527. The van der Waals surface area contributed by atoms with Crippen LogP contribution in [0.3, 0.4) is 0 Å². The molecule has 1 atom stereocenters. The largest absolute Gasteiger partial charge is 0.496 e. The number of aliphatic hydroxyl groups excluding tert-OH is 1. The Kier molecular flexibility index (Phi) is 3.68. The molecule has 2 aromatic rings. The van der Waals surface area contributed by atoms with Crippen LogP contribution in [0.25, 0.3) is 11.3 Å². The summed E-state index contributed by atoms with van der Waals surface area (Å²) in [6.07, 6.45) is -0.527. The Morgan fingerprint density at radius 3 is 2.61 bits per heavy atom. The minimum Gasteiger partial charge on any atom is -0.496 e. The second-order valence-electron chi connectivity index (χ2n) is 4.41. The summed E-state index contributed by atoms with van der Waals surface area (Å²) in [5.74, 6) is 0.850. The molecule has 3 nitrogen and oxygen atoms in total. The molecule has 0 radical (unpaired) electrons. The van der Waals surface area contributed by atoms with Crippen molar-refractivity contribution in [3.8, 4) is 17.0 Å². The fourth-order valence-corrected chi connectivity index (χ4v) is 2.78. The molecule has 0 saturated carbocycles. The highest BCUT2D eigenvalue weighted by Gasteiger charge is 2.14. The molecule has 1 heterocycles. The molecule has 1 aromatic carbocycles. The summed E-state index contributed by atoms with van der Waals surface area (Å²) in [7, 11) is 1.67. The number of nitrogens with zero attached hydrogens (tertiary/aromatic N) is 1. The first kappa shape index (κ1) is 13.1. The normalized spacial score (nSPS) is 12.5. The lowest BCUT2D eigenvalue weighted by Crippen LogP contribution is -1.94. The van der Waals surface area contributed by atoms with E-state index in [-0.39, 0.29) is 0 Å². The fourth-order valence-electron chi connectivity index (χ4n) is 2.02. The third kappa shape index (κ3) is 2.40. The summed E-state index contributed by atoms with van der Waals surface area (Å²) in [4.78, 5) is 4.46. The molecule has 1 aromatic heterocycles. The molecule has 0 aliphatic heterocycles. The molecular formula is C14H17NO2S. The van der Waals surface area contributed by atoms with Gasteiger partial charge in [0.05, 0.1) is 12.8 Å². The Balaban J connectivity index is 2.55. The standard InChI is InChI=1S/C14H17NO2S/c1-8-5-9(2)13(17-4)11(6-8)12-7-18-14(15-12)10(3)16/h5-7,10,16H,1-4H3. The smallest absolute Gasteiger partial charge is 0.131 e. The zero-order valence-corrected chi connectivity index (χ0v) is 11.8. The van der Waals surface area contributed by atoms with Crippen molar-refractivity contribution >= 4 is 11.3 Å². The van der Waals surface area contributed by atoms with Gasteiger partial charge in [-0.25, -0.2) is 4.98 Å². The van der Waals surface area contributed by atoms with Gasteiger partial charge in [-0.05, 0) is 38.0 Å². The average Bonchev–Trinajstić information content (AvgIpc) is 2.77. The highest BCUT2D eigenvalue weighted by Crippen LogP contribution is 2.35. The quantitative estimate of drug-likeness (QED) is 0.921. The van der Waals surface area contributed by atoms with E-state index in [9.17, 15) is 5.11 Å². The number of ether oxygens (including phenoxy) is 1. The predicted molar refractivity (Wildman–Crippen MR) is 74.2 cm³/mol. The molecule has 0 amide bonds. The number of hydrogen-bond acceptors (Lipinski definition) is 4. The average molecular weight is 263 g/mol. The summed E-state index contributed by atoms with van der Waals surface area (Å²) in [6.45, 7) is 5.80. The molecule has 0 saturated heterocycles. The number of methoxy groups -OCH3 is 1. The second-order valence-corrected chi connectivity index (χ2v) is 5.30. The highest BCUT2D eigenvalue weighted by molar-refractivity contribution is 7.10. The molecule has 1 unspecified atom stereocenters. The molecule has 0 bridgehead atoms. The van der Waals surface area contributed by atoms with Gasteiger partial charge in [-0.3, -0.25) is 0 Å². The lowest BCUT2D eigenvalue weighted by atomic mass is 10.0. The van der Waals surface area contributed by atoms with Gasteiger partial charge >= 0.3 is 0 Å². The first-order chi connectivity index (χ1) is 8.52. The van der Waals surface area contributed by atoms with E-state index < -0.39 is 6.10 Å². The van der Waals surface area contributed by atoms with Crippen molar-refractivity contribution in [3.63, 3.8) is 0 Å². The Bertz CT molecular complexity index is 561. The summed E-state index contributed by atoms with van der Waals surface area (Å²) in [5, 5.41) is 12.2. The van der Waals surface area contributed by atoms with E-state index in [1.54, 1.807) is 14.0 Å². The van der Waals surface area contributed by atoms with Crippen LogP contribution in [-0.4, -0.2) is 17.2 Å². The Hall–Kier alpha value is -1.39. The maximum absolute atomic E-state index is 9.54. The summed E-state index contributed by atoms with van der Waals surface area (Å²) < 4.78 is 5.46. The summed E-state index contributed by atoms with van der Waals surface area (Å²) in [5.41, 5.74) is 4.12. The van der Waals surface area contributed by atoms with Gasteiger partial charge in [0.15, 0.2) is 0 Å². The van der Waals surface area contributed by atoms with Gasteiger partial charge in [-0.1, -0.05) is 6.07 Å². The van der Waals surface area contributed by atoms with Crippen molar-refractivity contribution in [3.05, 3.63) is 33.6 Å². The van der Waals surface area contributed by atoms with Crippen LogP contribution in [0, 0.1) is 13.8 Å². The molecule has 0 fully saturated rings. The van der Waals surface area contributed by atoms with Crippen LogP contribution >= 0.6 is 11.3 Å². The number of rotatable bonds is 3. The minimum absolute atomic E-state index is 0.527. The van der Waals surface area contributed by atoms with Gasteiger partial charge in [0.1, 0.15) is 16.9 Å². The van der Waals surface area contributed by atoms with E-state index >= 15 is 0 Å². The van der Waals surface area contributed by atoms with Gasteiger partial charge < -0.3 is 9.84 Å². The summed E-state index contributed by atoms with van der Waals surface area (Å²) in [6, 6.07) is 4.15. The first-order valence-corrected chi connectivity index (χ1v) is 6.70. The molecule has 0 aliphatic carbocycles. The maximum Gasteiger partial charge on any atom is 0.131 e. The van der Waals surface area contributed by atoms with Crippen LogP contribution in [0.2, 0.25) is 0 Å². The van der Waals surface area contributed by atoms with E-state index in [4.69, 9.17) is 4.74 Å². The van der Waals surface area contributed by atoms with Crippen molar-refractivity contribution in [1.29, 1.82) is 0 Å². The van der Waals surface area contributed by atoms with Crippen molar-refractivity contribution < 1.29 is 9.84 Å². The first-order valence-electron chi connectivity index (χ1n) is 5.82. The van der Waals surface area contributed by atoms with Crippen LogP contribution in [0.1, 0.15) is 29.2 Å². The SMILES string of the molecule is COc1c(C)cc(C)cc1-c1csc(C(C)O)n1. The van der Waals surface area contributed by atoms with E-state index in [0.29, 0.717) is 0 Å². The van der Waals surface area contributed by atoms with Crippen LogP contribution < -0.4 is 4.74 Å². The molecule has 96 valence electrons. The zero-order chi connectivity index (χ0) is 13.3. The number of aliphatic hydroxyl groups is 1. The second kappa shape index (κ2) is 5.08. The number of hydrogen-bond donors (Lipinski definition) is 1. The van der Waals surface area contributed by atoms with Crippen LogP contribution in [0.5, 0.6) is 5.75 Å². The van der Waals surface area contributed by atoms with Gasteiger partial charge in [-0.15, -0.1) is 11.3 Å². The number of thiazole rings is 1. The van der Waals surface area contributed by atoms with Gasteiger partial charge in [-0.2, -0.15) is 0 Å². The molecular weight excluding hydrogens is 246 g/mol. The Morgan fingerprint density at radius 2 is 2.06 bits per heavy atom. The molecule has 0 spiro atoms. The van der Waals surface area contributed by atoms with Crippen molar-refractivity contribution in [2.24, 2.45) is 0 Å². The molecule has 4 heteroatoms. The molecule has 0 aliphatic rings. The van der Waals surface area contributed by atoms with Gasteiger partial charge in [0.25, 0.3) is 0 Å². The predicted octanol–water partition coefficient (Wildman–Crippen LogP) is 3.49. The van der Waals surface area contributed by atoms with Gasteiger partial charge in [0, 0.05) is 10.9 Å². The van der Waals surface area contributed by atoms with E-state index in [2.05, 4.69) is 24.0 Å². The molecule has 18 heavy (non-hydrogen) atoms. The van der Waals surface area contributed by atoms with Crippen molar-refractivity contribution in [2.45, 2.75) is 26.9 Å². The third-order valence-corrected chi connectivity index (χ3v) is 3.79. The number of aromatic nitrogens is 1. The topological polar surface area (TPSA) is 42.4 Å². The Morgan fingerprint density at radius 1 is 1.33 bits per heavy atom. The van der Waals surface area contributed by atoms with Crippen molar-refractivity contribution in [2.75, 3.05) is 7.11 Å². The van der Waals surface area contributed by atoms with Crippen LogP contribution in [0.4, 0.5) is 0 Å². The van der Waals surface area contributed by atoms with Crippen LogP contribution in [-0.2, 0) is 0 Å². The van der Waals surface area contributed by atoms with E-state index in [1.807, 2.05) is 12.3 Å². The summed E-state index contributed by atoms with van der Waals surface area (Å²) >= 11 is 1.47. The third-order valence-electron chi connectivity index (χ3n) is 2.78. The van der Waals surface area contributed by atoms with E-state index in [0.717, 1.165) is 27.6 Å². The molecule has 1 N–H and O–H groups in total. The zero-order valence-electron chi connectivity index (χ0n) is 11.0. The van der Waals surface area contributed by atoms with Gasteiger partial charge in [0.2, 0.25) is 0 Å². The Labute approximate surface area is 111 Å². The highest BCUT2D eigenvalue weighted by atomic mass is 32.1. The lowest BCUT2D eigenvalue weighted by molar-refractivity contribution is 0.199. The monoisotopic (exact) mass is 263 g/mol. The molecule has 2 rings (SSSR count). The lowest BCUT2D eigenvalue weighted by Gasteiger charge is -2.11. The number of aryl methyl sites for hydroxylation is 2.